The second-order valence-corrected chi connectivity index (χ2v) is 10.6. The SMILES string of the molecule is O=C(Nc1ccc(F)cc1)C1(C(=O)Nc2ccc(Oc3ccnc4cc(-c5cnn(CCO)c5)sc34)c(F)c2)CC1. The molecule has 0 atom stereocenters. The van der Waals surface area contributed by atoms with Crippen LogP contribution in [0.1, 0.15) is 12.8 Å². The number of aliphatic hydroxyl groups is 1. The molecule has 3 heterocycles. The number of carbonyl (C=O) groups is 2. The van der Waals surface area contributed by atoms with Gasteiger partial charge in [0.1, 0.15) is 17.0 Å². The Morgan fingerprint density at radius 3 is 2.44 bits per heavy atom. The number of carbonyl (C=O) groups excluding carboxylic acids is 2. The number of benzene rings is 2. The first-order valence-electron chi connectivity index (χ1n) is 12.7. The van der Waals surface area contributed by atoms with Crippen LogP contribution >= 0.6 is 11.3 Å². The van der Waals surface area contributed by atoms with Crippen LogP contribution in [0.4, 0.5) is 20.2 Å². The van der Waals surface area contributed by atoms with Crippen LogP contribution in [0.25, 0.3) is 20.7 Å². The van der Waals surface area contributed by atoms with Gasteiger partial charge in [0.05, 0.1) is 29.6 Å². The number of thiophene rings is 1. The molecule has 0 bridgehead atoms. The Balaban J connectivity index is 1.15. The van der Waals surface area contributed by atoms with Crippen molar-refractivity contribution in [1.82, 2.24) is 14.8 Å². The molecule has 9 nitrogen and oxygen atoms in total. The summed E-state index contributed by atoms with van der Waals surface area (Å²) in [5.74, 6) is -1.81. The quantitative estimate of drug-likeness (QED) is 0.198. The number of nitrogens with one attached hydrogen (secondary N) is 2. The zero-order chi connectivity index (χ0) is 28.6. The number of aromatic nitrogens is 3. The number of halogens is 2. The average molecular weight is 576 g/mol. The third-order valence-electron chi connectivity index (χ3n) is 6.75. The number of hydrogen-bond acceptors (Lipinski definition) is 7. The Morgan fingerprint density at radius 1 is 1.00 bits per heavy atom. The van der Waals surface area contributed by atoms with Gasteiger partial charge in [-0.1, -0.05) is 0 Å². The molecule has 0 aliphatic heterocycles. The van der Waals surface area contributed by atoms with Gasteiger partial charge in [0.2, 0.25) is 11.8 Å². The molecule has 41 heavy (non-hydrogen) atoms. The van der Waals surface area contributed by atoms with Gasteiger partial charge < -0.3 is 20.5 Å². The number of pyridine rings is 1. The minimum atomic E-state index is -1.27. The molecular weight excluding hydrogens is 552 g/mol. The van der Waals surface area contributed by atoms with E-state index in [1.165, 1.54) is 47.7 Å². The van der Waals surface area contributed by atoms with Gasteiger partial charge in [-0.15, -0.1) is 11.3 Å². The number of amides is 2. The summed E-state index contributed by atoms with van der Waals surface area (Å²) in [6.07, 6.45) is 5.79. The summed E-state index contributed by atoms with van der Waals surface area (Å²) in [7, 11) is 0. The lowest BCUT2D eigenvalue weighted by molar-refractivity contribution is -0.131. The highest BCUT2D eigenvalue weighted by Crippen LogP contribution is 2.48. The van der Waals surface area contributed by atoms with Gasteiger partial charge in [-0.25, -0.2) is 8.78 Å². The molecule has 2 aromatic carbocycles. The maximum Gasteiger partial charge on any atom is 0.240 e. The van der Waals surface area contributed by atoms with Crippen molar-refractivity contribution in [2.24, 2.45) is 5.41 Å². The number of hydrogen-bond donors (Lipinski definition) is 3. The molecule has 3 aromatic heterocycles. The lowest BCUT2D eigenvalue weighted by Gasteiger charge is -2.16. The van der Waals surface area contributed by atoms with Gasteiger partial charge in [-0.3, -0.25) is 19.3 Å². The zero-order valence-electron chi connectivity index (χ0n) is 21.4. The molecule has 0 saturated heterocycles. The standard InChI is InChI=1S/C29H23F2N5O4S/c30-18-1-3-19(4-2-18)34-27(38)29(8-9-29)28(39)35-20-5-6-23(21(31)13-20)40-24-7-10-32-22-14-25(41-26(22)24)17-15-33-36(16-17)11-12-37/h1-7,10,13-16,37H,8-9,11-12H2,(H,34,38)(H,35,39). The molecule has 3 N–H and O–H groups in total. The molecule has 2 amide bonds. The third kappa shape index (κ3) is 5.39. The highest BCUT2D eigenvalue weighted by atomic mass is 32.1. The number of nitrogens with zero attached hydrogens (tertiary/aromatic N) is 3. The molecule has 1 aliphatic carbocycles. The third-order valence-corrected chi connectivity index (χ3v) is 7.94. The Labute approximate surface area is 236 Å². The van der Waals surface area contributed by atoms with Crippen molar-refractivity contribution < 1.29 is 28.2 Å². The first kappa shape index (κ1) is 26.5. The summed E-state index contributed by atoms with van der Waals surface area (Å²) in [5.41, 5.74) is 0.823. The van der Waals surface area contributed by atoms with Crippen LogP contribution in [-0.4, -0.2) is 38.3 Å². The maximum absolute atomic E-state index is 15.1. The van der Waals surface area contributed by atoms with Crippen molar-refractivity contribution in [2.45, 2.75) is 19.4 Å². The van der Waals surface area contributed by atoms with Crippen LogP contribution in [0, 0.1) is 17.0 Å². The van der Waals surface area contributed by atoms with Gasteiger partial charge in [0, 0.05) is 46.3 Å². The van der Waals surface area contributed by atoms with Gasteiger partial charge in [0.15, 0.2) is 11.6 Å². The molecule has 12 heteroatoms. The molecule has 0 unspecified atom stereocenters. The van der Waals surface area contributed by atoms with Crippen molar-refractivity contribution in [1.29, 1.82) is 0 Å². The molecule has 0 spiro atoms. The van der Waals surface area contributed by atoms with Crippen molar-refractivity contribution >= 4 is 44.7 Å². The van der Waals surface area contributed by atoms with E-state index in [9.17, 15) is 14.0 Å². The Hall–Kier alpha value is -4.68. The van der Waals surface area contributed by atoms with E-state index in [1.807, 2.05) is 12.3 Å². The summed E-state index contributed by atoms with van der Waals surface area (Å²) in [4.78, 5) is 31.0. The molecule has 0 radical (unpaired) electrons. The van der Waals surface area contributed by atoms with Crippen LogP contribution < -0.4 is 15.4 Å². The maximum atomic E-state index is 15.1. The van der Waals surface area contributed by atoms with Crippen LogP contribution in [0.5, 0.6) is 11.5 Å². The van der Waals surface area contributed by atoms with Crippen molar-refractivity contribution in [3.63, 3.8) is 0 Å². The Bertz CT molecular complexity index is 1760. The lowest BCUT2D eigenvalue weighted by atomic mass is 10.0. The number of anilines is 2. The predicted octanol–water partition coefficient (Wildman–Crippen LogP) is 5.58. The number of fused-ring (bicyclic) bond motifs is 1. The van der Waals surface area contributed by atoms with Crippen molar-refractivity contribution in [2.75, 3.05) is 17.2 Å². The van der Waals surface area contributed by atoms with Gasteiger partial charge in [0.25, 0.3) is 0 Å². The fourth-order valence-electron chi connectivity index (χ4n) is 4.35. The van der Waals surface area contributed by atoms with E-state index >= 15 is 4.39 Å². The van der Waals surface area contributed by atoms with E-state index in [4.69, 9.17) is 9.84 Å². The zero-order valence-corrected chi connectivity index (χ0v) is 22.3. The molecule has 6 rings (SSSR count). The fourth-order valence-corrected chi connectivity index (χ4v) is 5.39. The highest BCUT2D eigenvalue weighted by Gasteiger charge is 2.56. The van der Waals surface area contributed by atoms with Crippen LogP contribution in [0.3, 0.4) is 0 Å². The van der Waals surface area contributed by atoms with Crippen molar-refractivity contribution in [3.8, 4) is 21.9 Å². The van der Waals surface area contributed by atoms with E-state index < -0.39 is 28.9 Å². The predicted molar refractivity (Wildman–Crippen MR) is 150 cm³/mol. The lowest BCUT2D eigenvalue weighted by Crippen LogP contribution is -2.35. The van der Waals surface area contributed by atoms with Gasteiger partial charge >= 0.3 is 0 Å². The average Bonchev–Trinajstić information content (AvgIpc) is 3.45. The highest BCUT2D eigenvalue weighted by molar-refractivity contribution is 7.22. The molecule has 1 saturated carbocycles. The monoisotopic (exact) mass is 575 g/mol. The molecule has 1 fully saturated rings. The molecule has 5 aromatic rings. The van der Waals surface area contributed by atoms with Crippen LogP contribution in [0.2, 0.25) is 0 Å². The number of aliphatic hydroxyl groups excluding tert-OH is 1. The summed E-state index contributed by atoms with van der Waals surface area (Å²) < 4.78 is 36.5. The van der Waals surface area contributed by atoms with E-state index in [-0.39, 0.29) is 18.0 Å². The fraction of sp³-hybridized carbons (Fsp3) is 0.172. The first-order chi connectivity index (χ1) is 19.8. The molecular formula is C29H23F2N5O4S. The molecule has 208 valence electrons. The van der Waals surface area contributed by atoms with Gasteiger partial charge in [-0.2, -0.15) is 5.10 Å². The van der Waals surface area contributed by atoms with Gasteiger partial charge in [-0.05, 0) is 55.3 Å². The summed E-state index contributed by atoms with van der Waals surface area (Å²) >= 11 is 1.42. The Kier molecular flexibility index (Phi) is 6.93. The smallest absolute Gasteiger partial charge is 0.240 e. The van der Waals surface area contributed by atoms with E-state index in [0.29, 0.717) is 36.3 Å². The second kappa shape index (κ2) is 10.7. The van der Waals surface area contributed by atoms with E-state index in [0.717, 1.165) is 21.2 Å². The minimum Gasteiger partial charge on any atom is -0.453 e. The Morgan fingerprint density at radius 2 is 1.73 bits per heavy atom. The summed E-state index contributed by atoms with van der Waals surface area (Å²) in [6.45, 7) is 0.367. The normalized spacial score (nSPS) is 13.6. The molecule has 1 aliphatic rings. The summed E-state index contributed by atoms with van der Waals surface area (Å²) in [6, 6.07) is 12.8. The topological polar surface area (TPSA) is 118 Å². The second-order valence-electron chi connectivity index (χ2n) is 9.59. The van der Waals surface area contributed by atoms with E-state index in [1.54, 1.807) is 23.1 Å². The number of rotatable bonds is 9. The van der Waals surface area contributed by atoms with Crippen LogP contribution in [-0.2, 0) is 16.1 Å². The number of ether oxygens (including phenoxy) is 1. The van der Waals surface area contributed by atoms with Crippen LogP contribution in [0.15, 0.2) is 73.2 Å². The summed E-state index contributed by atoms with van der Waals surface area (Å²) in [5, 5.41) is 18.6. The largest absolute Gasteiger partial charge is 0.453 e. The van der Waals surface area contributed by atoms with E-state index in [2.05, 4.69) is 20.7 Å². The first-order valence-corrected chi connectivity index (χ1v) is 13.5. The minimum absolute atomic E-state index is 0.0190. The van der Waals surface area contributed by atoms with Crippen molar-refractivity contribution in [3.05, 3.63) is 84.8 Å².